The molecule has 14 heavy (non-hydrogen) atoms. The van der Waals surface area contributed by atoms with E-state index < -0.39 is 0 Å². The average Bonchev–Trinajstić information content (AvgIpc) is 2.72. The van der Waals surface area contributed by atoms with Crippen LogP contribution in [0.5, 0.6) is 0 Å². The van der Waals surface area contributed by atoms with E-state index in [0.717, 1.165) is 0 Å². The smallest absolute Gasteiger partial charge is 0.00914 e. The first-order chi connectivity index (χ1) is 6.85. The Balaban J connectivity index is 2.04. The predicted octanol–water partition coefficient (Wildman–Crippen LogP) is 4.64. The Kier molecular flexibility index (Phi) is 3.67. The fourth-order valence-corrected chi connectivity index (χ4v) is 4.08. The summed E-state index contributed by atoms with van der Waals surface area (Å²) in [5, 5.41) is 3.37. The molecule has 1 aromatic rings. The van der Waals surface area contributed by atoms with E-state index in [-0.39, 0.29) is 0 Å². The summed E-state index contributed by atoms with van der Waals surface area (Å²) in [5.74, 6) is 0. The van der Waals surface area contributed by atoms with Crippen LogP contribution >= 0.6 is 27.3 Å². The minimum atomic E-state index is 0.573. The van der Waals surface area contributed by atoms with Crippen LogP contribution in [-0.4, -0.2) is 5.33 Å². The number of rotatable bonds is 3. The third-order valence-corrected chi connectivity index (χ3v) is 5.39. The van der Waals surface area contributed by atoms with Gasteiger partial charge in [-0.05, 0) is 36.1 Å². The van der Waals surface area contributed by atoms with Crippen molar-refractivity contribution in [1.29, 1.82) is 0 Å². The van der Waals surface area contributed by atoms with Crippen LogP contribution in [0.4, 0.5) is 0 Å². The highest BCUT2D eigenvalue weighted by molar-refractivity contribution is 9.09. The van der Waals surface area contributed by atoms with Gasteiger partial charge in [-0.15, -0.1) is 11.3 Å². The molecule has 0 nitrogen and oxygen atoms in total. The molecule has 0 unspecified atom stereocenters. The Morgan fingerprint density at radius 1 is 1.29 bits per heavy atom. The van der Waals surface area contributed by atoms with Gasteiger partial charge in [-0.3, -0.25) is 0 Å². The first-order valence-corrected chi connectivity index (χ1v) is 7.43. The van der Waals surface area contributed by atoms with Crippen molar-refractivity contribution in [2.75, 3.05) is 5.33 Å². The zero-order chi connectivity index (χ0) is 9.86. The monoisotopic (exact) mass is 272 g/mol. The van der Waals surface area contributed by atoms with Crippen LogP contribution in [0.15, 0.2) is 17.5 Å². The van der Waals surface area contributed by atoms with Gasteiger partial charge in [-0.1, -0.05) is 41.3 Å². The number of thiophene rings is 1. The van der Waals surface area contributed by atoms with Gasteiger partial charge in [0.15, 0.2) is 0 Å². The maximum atomic E-state index is 3.72. The summed E-state index contributed by atoms with van der Waals surface area (Å²) in [4.78, 5) is 1.56. The summed E-state index contributed by atoms with van der Waals surface area (Å²) in [6.07, 6.45) is 8.41. The number of hydrogen-bond acceptors (Lipinski definition) is 1. The van der Waals surface area contributed by atoms with Gasteiger partial charge in [0.05, 0.1) is 0 Å². The van der Waals surface area contributed by atoms with Crippen molar-refractivity contribution >= 4 is 27.3 Å². The molecule has 0 spiro atoms. The molecule has 0 radical (unpaired) electrons. The molecule has 1 saturated carbocycles. The molecular weight excluding hydrogens is 256 g/mol. The second-order valence-electron chi connectivity index (χ2n) is 4.45. The summed E-state index contributed by atoms with van der Waals surface area (Å²) in [6.45, 7) is 0. The summed E-state index contributed by atoms with van der Waals surface area (Å²) in [5.41, 5.74) is 0.573. The van der Waals surface area contributed by atoms with E-state index in [0.29, 0.717) is 5.41 Å². The van der Waals surface area contributed by atoms with Crippen LogP contribution in [0.25, 0.3) is 0 Å². The first kappa shape index (κ1) is 10.7. The van der Waals surface area contributed by atoms with Gasteiger partial charge in [0.2, 0.25) is 0 Å². The lowest BCUT2D eigenvalue weighted by atomic mass is 9.73. The third-order valence-electron chi connectivity index (χ3n) is 3.33. The Hall–Kier alpha value is 0.180. The Morgan fingerprint density at radius 3 is 2.64 bits per heavy atom. The maximum Gasteiger partial charge on any atom is 0.00914 e. The quantitative estimate of drug-likeness (QED) is 0.704. The first-order valence-electron chi connectivity index (χ1n) is 5.43. The molecule has 0 amide bonds. The molecular formula is C12H17BrS. The summed E-state index contributed by atoms with van der Waals surface area (Å²) < 4.78 is 0. The molecule has 2 rings (SSSR count). The summed E-state index contributed by atoms with van der Waals surface area (Å²) in [6, 6.07) is 4.45. The fourth-order valence-electron chi connectivity index (χ4n) is 2.44. The predicted molar refractivity (Wildman–Crippen MR) is 67.3 cm³/mol. The van der Waals surface area contributed by atoms with E-state index in [2.05, 4.69) is 33.4 Å². The Bertz CT molecular complexity index is 260. The highest BCUT2D eigenvalue weighted by atomic mass is 79.9. The molecule has 1 aliphatic rings. The molecule has 0 atom stereocenters. The number of halogens is 1. The van der Waals surface area contributed by atoms with E-state index in [4.69, 9.17) is 0 Å². The molecule has 1 fully saturated rings. The molecule has 0 N–H and O–H groups in total. The number of hydrogen-bond donors (Lipinski definition) is 0. The highest BCUT2D eigenvalue weighted by Crippen LogP contribution is 2.41. The van der Waals surface area contributed by atoms with Gasteiger partial charge in [0.25, 0.3) is 0 Å². The van der Waals surface area contributed by atoms with E-state index in [1.54, 1.807) is 4.88 Å². The van der Waals surface area contributed by atoms with E-state index >= 15 is 0 Å². The second-order valence-corrected chi connectivity index (χ2v) is 6.04. The van der Waals surface area contributed by atoms with Crippen LogP contribution in [0.3, 0.4) is 0 Å². The van der Waals surface area contributed by atoms with Gasteiger partial charge in [0.1, 0.15) is 0 Å². The van der Waals surface area contributed by atoms with Crippen molar-refractivity contribution in [3.8, 4) is 0 Å². The van der Waals surface area contributed by atoms with Gasteiger partial charge < -0.3 is 0 Å². The maximum absolute atomic E-state index is 3.72. The summed E-state index contributed by atoms with van der Waals surface area (Å²) >= 11 is 5.63. The van der Waals surface area contributed by atoms with Crippen molar-refractivity contribution < 1.29 is 0 Å². The van der Waals surface area contributed by atoms with Crippen LogP contribution < -0.4 is 0 Å². The lowest BCUT2D eigenvalue weighted by Crippen LogP contribution is -2.28. The van der Waals surface area contributed by atoms with Crippen LogP contribution in [0, 0.1) is 5.41 Å². The molecule has 78 valence electrons. The average molecular weight is 273 g/mol. The van der Waals surface area contributed by atoms with Gasteiger partial charge >= 0.3 is 0 Å². The largest absolute Gasteiger partial charge is 0.149 e. The molecule has 0 aliphatic heterocycles. The van der Waals surface area contributed by atoms with E-state index in [9.17, 15) is 0 Å². The zero-order valence-electron chi connectivity index (χ0n) is 8.47. The van der Waals surface area contributed by atoms with Crippen LogP contribution in [-0.2, 0) is 6.42 Å². The molecule has 0 aromatic carbocycles. The Morgan fingerprint density at radius 2 is 2.07 bits per heavy atom. The normalized spacial score (nSPS) is 20.9. The van der Waals surface area contributed by atoms with Crippen LogP contribution in [0.2, 0.25) is 0 Å². The zero-order valence-corrected chi connectivity index (χ0v) is 10.9. The van der Waals surface area contributed by atoms with E-state index in [1.807, 2.05) is 11.3 Å². The standard InChI is InChI=1S/C12H17BrS/c13-10-12(6-2-1-3-7-12)9-11-5-4-8-14-11/h4-5,8H,1-3,6-7,9-10H2. The van der Waals surface area contributed by atoms with Gasteiger partial charge in [-0.25, -0.2) is 0 Å². The lowest BCUT2D eigenvalue weighted by Gasteiger charge is -2.35. The molecule has 2 heteroatoms. The van der Waals surface area contributed by atoms with Gasteiger partial charge in [0, 0.05) is 10.2 Å². The number of alkyl halides is 1. The SMILES string of the molecule is BrCC1(Cc2cccs2)CCCCC1. The van der Waals surface area contributed by atoms with Crippen LogP contribution in [0.1, 0.15) is 37.0 Å². The highest BCUT2D eigenvalue weighted by Gasteiger charge is 2.31. The van der Waals surface area contributed by atoms with Crippen molar-refractivity contribution in [2.45, 2.75) is 38.5 Å². The van der Waals surface area contributed by atoms with Crippen molar-refractivity contribution in [2.24, 2.45) is 5.41 Å². The van der Waals surface area contributed by atoms with Crippen molar-refractivity contribution in [3.63, 3.8) is 0 Å². The lowest BCUT2D eigenvalue weighted by molar-refractivity contribution is 0.225. The minimum Gasteiger partial charge on any atom is -0.149 e. The van der Waals surface area contributed by atoms with E-state index in [1.165, 1.54) is 43.9 Å². The molecule has 0 saturated heterocycles. The van der Waals surface area contributed by atoms with Crippen molar-refractivity contribution in [1.82, 2.24) is 0 Å². The fraction of sp³-hybridized carbons (Fsp3) is 0.667. The molecule has 1 aliphatic carbocycles. The minimum absolute atomic E-state index is 0.573. The molecule has 0 bridgehead atoms. The Labute approximate surface area is 98.9 Å². The molecule has 1 heterocycles. The second kappa shape index (κ2) is 4.80. The topological polar surface area (TPSA) is 0 Å². The third kappa shape index (κ3) is 2.40. The summed E-state index contributed by atoms with van der Waals surface area (Å²) in [7, 11) is 0. The van der Waals surface area contributed by atoms with Gasteiger partial charge in [-0.2, -0.15) is 0 Å². The molecule has 1 aromatic heterocycles. The van der Waals surface area contributed by atoms with Crippen molar-refractivity contribution in [3.05, 3.63) is 22.4 Å².